The summed E-state index contributed by atoms with van der Waals surface area (Å²) in [5.41, 5.74) is 1.45. The van der Waals surface area contributed by atoms with Crippen LogP contribution in [0.1, 0.15) is 55.5 Å². The van der Waals surface area contributed by atoms with Crippen LogP contribution in [0.5, 0.6) is 11.5 Å². The number of rotatable bonds is 10. The van der Waals surface area contributed by atoms with Crippen molar-refractivity contribution in [2.75, 3.05) is 73.7 Å². The summed E-state index contributed by atoms with van der Waals surface area (Å²) in [4.78, 5) is 32.5. The third kappa shape index (κ3) is 10.1. The first kappa shape index (κ1) is 36.6. The summed E-state index contributed by atoms with van der Waals surface area (Å²) in [6.45, 7) is 10.2. The van der Waals surface area contributed by atoms with Gasteiger partial charge >= 0.3 is 0 Å². The Balaban J connectivity index is 0.000000406. The Labute approximate surface area is 276 Å². The molecule has 0 aromatic heterocycles. The lowest BCUT2D eigenvalue weighted by molar-refractivity contribution is -0.143. The van der Waals surface area contributed by atoms with Crippen LogP contribution in [0.25, 0.3) is 0 Å². The summed E-state index contributed by atoms with van der Waals surface area (Å²) in [5, 5.41) is 0. The molecule has 0 unspecified atom stereocenters. The van der Waals surface area contributed by atoms with Gasteiger partial charge in [-0.05, 0) is 75.1 Å². The molecule has 2 amide bonds. The molecule has 3 aromatic rings. The number of nitrogens with zero attached hydrogens (tertiary/aromatic N) is 3. The molecule has 250 valence electrons. The Bertz CT molecular complexity index is 1270. The van der Waals surface area contributed by atoms with Crippen LogP contribution < -0.4 is 9.47 Å². The van der Waals surface area contributed by atoms with Crippen molar-refractivity contribution in [3.05, 3.63) is 96.1 Å². The van der Waals surface area contributed by atoms with Gasteiger partial charge in [0.1, 0.15) is 0 Å². The predicted molar refractivity (Wildman–Crippen MR) is 185 cm³/mol. The van der Waals surface area contributed by atoms with E-state index >= 15 is 0 Å². The summed E-state index contributed by atoms with van der Waals surface area (Å²) in [5.74, 6) is 1.88. The SMILES string of the molecule is CC.CN(CCCCN1CCC(C(=O)N2CCOCC2)(c2ccccc2)CC1)C(=O)c1ccccc1.COc1ccccc1OC. The number of carbonyl (C=O) groups excluding carboxylic acids is 2. The Morgan fingerprint density at radius 3 is 1.83 bits per heavy atom. The van der Waals surface area contributed by atoms with Crippen LogP contribution in [0.2, 0.25) is 0 Å². The first-order valence-corrected chi connectivity index (χ1v) is 16.6. The van der Waals surface area contributed by atoms with Gasteiger partial charge in [-0.3, -0.25) is 9.59 Å². The number of unbranched alkanes of at least 4 members (excludes halogenated alkanes) is 1. The Morgan fingerprint density at radius 1 is 0.761 bits per heavy atom. The van der Waals surface area contributed by atoms with Gasteiger partial charge in [0.05, 0.1) is 32.8 Å². The average Bonchev–Trinajstić information content (AvgIpc) is 3.15. The highest BCUT2D eigenvalue weighted by Crippen LogP contribution is 2.38. The molecule has 8 heteroatoms. The van der Waals surface area contributed by atoms with Gasteiger partial charge < -0.3 is 28.9 Å². The van der Waals surface area contributed by atoms with Gasteiger partial charge in [0, 0.05) is 32.2 Å². The lowest BCUT2D eigenvalue weighted by atomic mass is 9.71. The first-order chi connectivity index (χ1) is 22.5. The zero-order valence-corrected chi connectivity index (χ0v) is 28.5. The largest absolute Gasteiger partial charge is 0.493 e. The standard InChI is InChI=1S/C28H37N3O3.C8H10O2.C2H6/c1-29(26(32)24-10-4-2-5-11-24)16-8-9-17-30-18-14-28(15-19-30,25-12-6-3-7-13-25)27(33)31-20-22-34-23-21-31;1-9-7-5-3-4-6-8(7)10-2;1-2/h2-7,10-13H,8-9,14-23H2,1H3;3-6H,1-2H3;1-2H3. The second-order valence-electron chi connectivity index (χ2n) is 11.3. The second-order valence-corrected chi connectivity index (χ2v) is 11.3. The second kappa shape index (κ2) is 19.6. The van der Waals surface area contributed by atoms with Crippen molar-refractivity contribution >= 4 is 11.8 Å². The van der Waals surface area contributed by atoms with Crippen molar-refractivity contribution < 1.29 is 23.8 Å². The molecule has 0 aliphatic carbocycles. The highest BCUT2D eigenvalue weighted by atomic mass is 16.5. The molecule has 2 saturated heterocycles. The number of piperidine rings is 1. The van der Waals surface area contributed by atoms with E-state index in [9.17, 15) is 9.59 Å². The summed E-state index contributed by atoms with van der Waals surface area (Å²) >= 11 is 0. The van der Waals surface area contributed by atoms with E-state index in [1.54, 1.807) is 14.2 Å². The number of hydrogen-bond acceptors (Lipinski definition) is 6. The van der Waals surface area contributed by atoms with Crippen molar-refractivity contribution in [1.82, 2.24) is 14.7 Å². The van der Waals surface area contributed by atoms with Gasteiger partial charge in [-0.1, -0.05) is 74.5 Å². The molecular weight excluding hydrogens is 578 g/mol. The lowest BCUT2D eigenvalue weighted by Crippen LogP contribution is -2.55. The number of hydrogen-bond donors (Lipinski definition) is 0. The monoisotopic (exact) mass is 631 g/mol. The van der Waals surface area contributed by atoms with Crippen molar-refractivity contribution in [2.45, 2.75) is 44.9 Å². The fourth-order valence-electron chi connectivity index (χ4n) is 5.99. The molecule has 5 rings (SSSR count). The summed E-state index contributed by atoms with van der Waals surface area (Å²) in [6.07, 6.45) is 3.71. The third-order valence-electron chi connectivity index (χ3n) is 8.62. The summed E-state index contributed by atoms with van der Waals surface area (Å²) in [7, 11) is 5.12. The van der Waals surface area contributed by atoms with E-state index in [2.05, 4.69) is 17.0 Å². The molecule has 0 radical (unpaired) electrons. The molecule has 3 aromatic carbocycles. The number of morpholine rings is 1. The minimum Gasteiger partial charge on any atom is -0.493 e. The third-order valence-corrected chi connectivity index (χ3v) is 8.62. The molecule has 2 fully saturated rings. The number of benzene rings is 3. The summed E-state index contributed by atoms with van der Waals surface area (Å²) < 4.78 is 15.5. The average molecular weight is 632 g/mol. The molecule has 2 aliphatic rings. The topological polar surface area (TPSA) is 71.5 Å². The van der Waals surface area contributed by atoms with Crippen LogP contribution >= 0.6 is 0 Å². The van der Waals surface area contributed by atoms with Crippen molar-refractivity contribution in [3.8, 4) is 11.5 Å². The van der Waals surface area contributed by atoms with Crippen molar-refractivity contribution in [3.63, 3.8) is 0 Å². The molecular formula is C38H53N3O5. The molecule has 46 heavy (non-hydrogen) atoms. The molecule has 2 heterocycles. The van der Waals surface area contributed by atoms with Crippen LogP contribution in [0.4, 0.5) is 0 Å². The molecule has 0 spiro atoms. The lowest BCUT2D eigenvalue weighted by Gasteiger charge is -2.44. The molecule has 8 nitrogen and oxygen atoms in total. The van der Waals surface area contributed by atoms with E-state index in [1.807, 2.05) is 103 Å². The number of amides is 2. The number of methoxy groups -OCH3 is 2. The molecule has 0 saturated carbocycles. The predicted octanol–water partition coefficient (Wildman–Crippen LogP) is 6.16. The Kier molecular flexibility index (Phi) is 15.6. The normalized spacial score (nSPS) is 15.7. The van der Waals surface area contributed by atoms with E-state index in [0.29, 0.717) is 26.3 Å². The maximum Gasteiger partial charge on any atom is 0.253 e. The van der Waals surface area contributed by atoms with Gasteiger partial charge in [0.15, 0.2) is 11.5 Å². The smallest absolute Gasteiger partial charge is 0.253 e. The number of likely N-dealkylation sites (tertiary alicyclic amines) is 1. The molecule has 0 bridgehead atoms. The minimum absolute atomic E-state index is 0.0767. The van der Waals surface area contributed by atoms with Crippen LogP contribution in [-0.2, 0) is 14.9 Å². The van der Waals surface area contributed by atoms with Crippen LogP contribution in [0, 0.1) is 0 Å². The fourth-order valence-corrected chi connectivity index (χ4v) is 5.99. The van der Waals surface area contributed by atoms with Crippen LogP contribution in [0.3, 0.4) is 0 Å². The van der Waals surface area contributed by atoms with E-state index in [-0.39, 0.29) is 11.8 Å². The Hall–Kier alpha value is -3.88. The van der Waals surface area contributed by atoms with Gasteiger partial charge in [0.25, 0.3) is 5.91 Å². The van der Waals surface area contributed by atoms with Crippen LogP contribution in [0.15, 0.2) is 84.9 Å². The molecule has 0 atom stereocenters. The van der Waals surface area contributed by atoms with Crippen molar-refractivity contribution in [2.24, 2.45) is 0 Å². The van der Waals surface area contributed by atoms with Crippen LogP contribution in [-0.4, -0.2) is 100 Å². The van der Waals surface area contributed by atoms with E-state index in [4.69, 9.17) is 14.2 Å². The minimum atomic E-state index is -0.433. The van der Waals surface area contributed by atoms with Crippen molar-refractivity contribution in [1.29, 1.82) is 0 Å². The highest BCUT2D eigenvalue weighted by Gasteiger charge is 2.45. The maximum atomic E-state index is 13.7. The number of para-hydroxylation sites is 2. The fraction of sp³-hybridized carbons (Fsp3) is 0.474. The summed E-state index contributed by atoms with van der Waals surface area (Å²) in [6, 6.07) is 27.3. The number of carbonyl (C=O) groups is 2. The van der Waals surface area contributed by atoms with E-state index in [0.717, 1.165) is 74.5 Å². The first-order valence-electron chi connectivity index (χ1n) is 16.6. The quantitative estimate of drug-likeness (QED) is 0.250. The maximum absolute atomic E-state index is 13.7. The number of ether oxygens (including phenoxy) is 3. The van der Waals surface area contributed by atoms with Gasteiger partial charge in [-0.15, -0.1) is 0 Å². The highest BCUT2D eigenvalue weighted by molar-refractivity contribution is 5.94. The van der Waals surface area contributed by atoms with E-state index in [1.165, 1.54) is 0 Å². The van der Waals surface area contributed by atoms with Gasteiger partial charge in [-0.2, -0.15) is 0 Å². The van der Waals surface area contributed by atoms with E-state index < -0.39 is 5.41 Å². The molecule has 0 N–H and O–H groups in total. The zero-order valence-electron chi connectivity index (χ0n) is 28.5. The van der Waals surface area contributed by atoms with Gasteiger partial charge in [0.2, 0.25) is 5.91 Å². The van der Waals surface area contributed by atoms with Gasteiger partial charge in [-0.25, -0.2) is 0 Å². The molecule has 2 aliphatic heterocycles. The zero-order chi connectivity index (χ0) is 33.2. The Morgan fingerprint density at radius 2 is 1.28 bits per heavy atom.